The van der Waals surface area contributed by atoms with Gasteiger partial charge in [-0.3, -0.25) is 4.98 Å². The Balaban J connectivity index is 1.24. The molecule has 3 aromatic rings. The lowest BCUT2D eigenvalue weighted by molar-refractivity contribution is -0.137. The minimum absolute atomic E-state index is 0.103. The Kier molecular flexibility index (Phi) is 9.92. The van der Waals surface area contributed by atoms with Crippen molar-refractivity contribution >= 4 is 22.7 Å². The van der Waals surface area contributed by atoms with Crippen LogP contribution in [0.5, 0.6) is 5.75 Å². The van der Waals surface area contributed by atoms with E-state index in [-0.39, 0.29) is 12.5 Å². The number of thioether (sulfide) groups is 1. The van der Waals surface area contributed by atoms with Crippen LogP contribution in [0, 0.1) is 11.8 Å². The molecule has 9 heteroatoms. The van der Waals surface area contributed by atoms with Gasteiger partial charge in [-0.05, 0) is 104 Å². The maximum Gasteiger partial charge on any atom is 0.416 e. The number of ether oxygens (including phenoxy) is 1. The Morgan fingerprint density at radius 2 is 2.00 bits per heavy atom. The molecule has 0 aliphatic carbocycles. The monoisotopic (exact) mass is 548 g/mol. The topological polar surface area (TPSA) is 65.8 Å². The van der Waals surface area contributed by atoms with E-state index in [1.807, 2.05) is 24.3 Å². The molecule has 0 bridgehead atoms. The summed E-state index contributed by atoms with van der Waals surface area (Å²) in [6.45, 7) is 2.66. The first-order chi connectivity index (χ1) is 18.3. The first kappa shape index (κ1) is 28.7. The maximum absolute atomic E-state index is 12.9. The van der Waals surface area contributed by atoms with E-state index in [1.165, 1.54) is 23.9 Å². The molecule has 1 saturated heterocycles. The predicted molar refractivity (Wildman–Crippen MR) is 144 cm³/mol. The van der Waals surface area contributed by atoms with Gasteiger partial charge in [0.05, 0.1) is 24.3 Å². The number of aliphatic hydroxyl groups excluding tert-OH is 2. The number of piperidine rings is 1. The van der Waals surface area contributed by atoms with E-state index in [0.717, 1.165) is 72.9 Å². The van der Waals surface area contributed by atoms with E-state index >= 15 is 0 Å². The Bertz CT molecular complexity index is 1190. The number of fused-ring (bicyclic) bond motifs is 1. The lowest BCUT2D eigenvalue weighted by Crippen LogP contribution is -2.42. The Labute approximate surface area is 226 Å². The third kappa shape index (κ3) is 7.40. The molecule has 0 amide bonds. The van der Waals surface area contributed by atoms with E-state index < -0.39 is 17.8 Å². The van der Waals surface area contributed by atoms with Crippen LogP contribution in [0.4, 0.5) is 13.2 Å². The van der Waals surface area contributed by atoms with Gasteiger partial charge in [0.1, 0.15) is 5.75 Å². The van der Waals surface area contributed by atoms with E-state index in [0.29, 0.717) is 17.2 Å². The summed E-state index contributed by atoms with van der Waals surface area (Å²) in [6, 6.07) is 13.0. The number of rotatable bonds is 11. The second-order valence-corrected chi connectivity index (χ2v) is 11.1. The number of hydrogen-bond acceptors (Lipinski definition) is 6. The van der Waals surface area contributed by atoms with Crippen LogP contribution in [0.1, 0.15) is 42.9 Å². The molecule has 0 spiro atoms. The van der Waals surface area contributed by atoms with Crippen LogP contribution in [0.25, 0.3) is 10.9 Å². The van der Waals surface area contributed by atoms with E-state index in [9.17, 15) is 23.4 Å². The van der Waals surface area contributed by atoms with Gasteiger partial charge < -0.3 is 19.8 Å². The Morgan fingerprint density at radius 3 is 2.76 bits per heavy atom. The summed E-state index contributed by atoms with van der Waals surface area (Å²) in [6.07, 6.45) is -0.00320. The molecule has 1 unspecified atom stereocenters. The van der Waals surface area contributed by atoms with Crippen LogP contribution in [-0.2, 0) is 6.18 Å². The molecular weight excluding hydrogens is 513 g/mol. The second-order valence-electron chi connectivity index (χ2n) is 9.90. The SMILES string of the molecule is COc1ccc2nccc(C(O)CC[C@@H]3CCN(CCCSc4cccc(C(F)(F)F)c4)C[C@@H]3CO)c2c1. The van der Waals surface area contributed by atoms with Gasteiger partial charge in [0, 0.05) is 29.6 Å². The molecule has 2 N–H and O–H groups in total. The van der Waals surface area contributed by atoms with Crippen LogP contribution in [-0.4, -0.2) is 59.2 Å². The van der Waals surface area contributed by atoms with Crippen molar-refractivity contribution in [3.05, 3.63) is 65.9 Å². The quantitative estimate of drug-likeness (QED) is 0.220. The summed E-state index contributed by atoms with van der Waals surface area (Å²) >= 11 is 1.44. The average molecular weight is 549 g/mol. The number of aromatic nitrogens is 1. The minimum Gasteiger partial charge on any atom is -0.497 e. The molecule has 2 heterocycles. The van der Waals surface area contributed by atoms with Crippen molar-refractivity contribution in [2.24, 2.45) is 11.8 Å². The lowest BCUT2D eigenvalue weighted by Gasteiger charge is -2.38. The van der Waals surface area contributed by atoms with Gasteiger partial charge in [0.2, 0.25) is 0 Å². The summed E-state index contributed by atoms with van der Waals surface area (Å²) in [7, 11) is 1.62. The third-order valence-corrected chi connectivity index (χ3v) is 8.49. The van der Waals surface area contributed by atoms with Gasteiger partial charge in [-0.1, -0.05) is 6.07 Å². The predicted octanol–water partition coefficient (Wildman–Crippen LogP) is 6.19. The zero-order chi connectivity index (χ0) is 27.1. The molecule has 1 aliphatic heterocycles. The summed E-state index contributed by atoms with van der Waals surface area (Å²) in [5.41, 5.74) is 1.04. The normalized spacial score (nSPS) is 19.5. The average Bonchev–Trinajstić information content (AvgIpc) is 2.93. The van der Waals surface area contributed by atoms with Gasteiger partial charge in [-0.25, -0.2) is 0 Å². The highest BCUT2D eigenvalue weighted by Crippen LogP contribution is 2.34. The summed E-state index contributed by atoms with van der Waals surface area (Å²) in [4.78, 5) is 7.36. The fourth-order valence-corrected chi connectivity index (χ4v) is 6.17. The van der Waals surface area contributed by atoms with Crippen LogP contribution < -0.4 is 4.74 Å². The van der Waals surface area contributed by atoms with Crippen molar-refractivity contribution in [3.8, 4) is 5.75 Å². The highest BCUT2D eigenvalue weighted by Gasteiger charge is 2.31. The van der Waals surface area contributed by atoms with Crippen LogP contribution in [0.15, 0.2) is 59.6 Å². The summed E-state index contributed by atoms with van der Waals surface area (Å²) in [5.74, 6) is 1.93. The summed E-state index contributed by atoms with van der Waals surface area (Å²) < 4.78 is 44.1. The van der Waals surface area contributed by atoms with Gasteiger partial charge in [-0.15, -0.1) is 11.8 Å². The molecule has 1 aromatic heterocycles. The van der Waals surface area contributed by atoms with Crippen molar-refractivity contribution in [1.29, 1.82) is 0 Å². The lowest BCUT2D eigenvalue weighted by atomic mass is 9.81. The second kappa shape index (κ2) is 13.2. The zero-order valence-electron chi connectivity index (χ0n) is 21.5. The van der Waals surface area contributed by atoms with Crippen LogP contribution in [0.3, 0.4) is 0 Å². The van der Waals surface area contributed by atoms with Crippen molar-refractivity contribution in [3.63, 3.8) is 0 Å². The number of nitrogens with zero attached hydrogens (tertiary/aromatic N) is 2. The largest absolute Gasteiger partial charge is 0.497 e. The molecule has 1 fully saturated rings. The molecule has 2 aromatic carbocycles. The molecule has 206 valence electrons. The number of aliphatic hydroxyl groups is 2. The van der Waals surface area contributed by atoms with E-state index in [2.05, 4.69) is 9.88 Å². The molecule has 0 radical (unpaired) electrons. The summed E-state index contributed by atoms with van der Waals surface area (Å²) in [5, 5.41) is 22.0. The van der Waals surface area contributed by atoms with E-state index in [1.54, 1.807) is 19.4 Å². The minimum atomic E-state index is -4.32. The number of benzene rings is 2. The van der Waals surface area contributed by atoms with Gasteiger partial charge in [0.15, 0.2) is 0 Å². The number of methoxy groups -OCH3 is 1. The highest BCUT2D eigenvalue weighted by molar-refractivity contribution is 7.99. The number of hydrogen-bond donors (Lipinski definition) is 2. The maximum atomic E-state index is 12.9. The number of likely N-dealkylation sites (tertiary alicyclic amines) is 1. The number of alkyl halides is 3. The fourth-order valence-electron chi connectivity index (χ4n) is 5.28. The number of pyridine rings is 1. The third-order valence-electron chi connectivity index (χ3n) is 7.41. The Morgan fingerprint density at radius 1 is 1.16 bits per heavy atom. The zero-order valence-corrected chi connectivity index (χ0v) is 22.3. The van der Waals surface area contributed by atoms with Gasteiger partial charge >= 0.3 is 6.18 Å². The molecule has 5 nitrogen and oxygen atoms in total. The van der Waals surface area contributed by atoms with Crippen LogP contribution >= 0.6 is 11.8 Å². The van der Waals surface area contributed by atoms with Crippen molar-refractivity contribution < 1.29 is 28.1 Å². The van der Waals surface area contributed by atoms with Gasteiger partial charge in [0.25, 0.3) is 0 Å². The molecule has 1 aliphatic rings. The number of halogens is 3. The fraction of sp³-hybridized carbons (Fsp3) is 0.483. The molecule has 0 saturated carbocycles. The smallest absolute Gasteiger partial charge is 0.416 e. The molecule has 4 rings (SSSR count). The molecule has 38 heavy (non-hydrogen) atoms. The Hall–Kier alpha value is -2.33. The van der Waals surface area contributed by atoms with E-state index in [4.69, 9.17) is 4.74 Å². The van der Waals surface area contributed by atoms with Crippen molar-refractivity contribution in [2.45, 2.75) is 42.9 Å². The van der Waals surface area contributed by atoms with Crippen molar-refractivity contribution in [1.82, 2.24) is 9.88 Å². The molecule has 3 atom stereocenters. The standard InChI is InChI=1S/C29H35F3N2O3S/c1-37-23-7-8-27-26(17-23)25(10-12-33-27)28(36)9-6-20-11-14-34(18-21(20)19-35)13-3-15-38-24-5-2-4-22(16-24)29(30,31)32/h2,4-5,7-8,10,12,16-17,20-21,28,35-36H,3,6,9,11,13-15,18-19H2,1H3/t20-,21-,28?/m1/s1. The first-order valence-corrected chi connectivity index (χ1v) is 14.0. The highest BCUT2D eigenvalue weighted by atomic mass is 32.2. The van der Waals surface area contributed by atoms with Crippen molar-refractivity contribution in [2.75, 3.05) is 39.1 Å². The molecular formula is C29H35F3N2O3S. The van der Waals surface area contributed by atoms with Gasteiger partial charge in [-0.2, -0.15) is 13.2 Å². The van der Waals surface area contributed by atoms with Crippen LogP contribution in [0.2, 0.25) is 0 Å². The first-order valence-electron chi connectivity index (χ1n) is 13.0.